The Morgan fingerprint density at radius 2 is 1.69 bits per heavy atom. The van der Waals surface area contributed by atoms with Crippen LogP contribution in [0.25, 0.3) is 0 Å². The molecule has 0 saturated carbocycles. The lowest BCUT2D eigenvalue weighted by Crippen LogP contribution is -2.62. The number of ether oxygens (including phenoxy) is 1. The minimum atomic E-state index is -3.21. The van der Waals surface area contributed by atoms with Crippen LogP contribution >= 0.6 is 11.6 Å². The zero-order valence-electron chi connectivity index (χ0n) is 16.1. The Kier molecular flexibility index (Phi) is 5.55. The number of carbonyl (C=O) groups is 1. The van der Waals surface area contributed by atoms with Gasteiger partial charge >= 0.3 is 0 Å². The number of carbonyl (C=O) groups excluding carboxylic acids is 1. The Labute approximate surface area is 175 Å². The van der Waals surface area contributed by atoms with Gasteiger partial charge in [0, 0.05) is 23.3 Å². The van der Waals surface area contributed by atoms with Gasteiger partial charge in [0.15, 0.2) is 9.84 Å². The maximum atomic E-state index is 13.0. The van der Waals surface area contributed by atoms with Crippen LogP contribution < -0.4 is 9.64 Å². The lowest BCUT2D eigenvalue weighted by Gasteiger charge is -2.43. The third kappa shape index (κ3) is 4.27. The number of amides is 1. The van der Waals surface area contributed by atoms with Crippen LogP contribution in [0.2, 0.25) is 5.02 Å². The van der Waals surface area contributed by atoms with Gasteiger partial charge in [-0.1, -0.05) is 23.7 Å². The second-order valence-electron chi connectivity index (χ2n) is 7.52. The van der Waals surface area contributed by atoms with Gasteiger partial charge in [0.2, 0.25) is 5.91 Å². The minimum absolute atomic E-state index is 0.00706. The van der Waals surface area contributed by atoms with Crippen molar-refractivity contribution in [2.45, 2.75) is 18.5 Å². The second-order valence-corrected chi connectivity index (χ2v) is 10.1. The molecule has 0 radical (unpaired) electrons. The molecular weight excluding hydrogens is 412 g/mol. The van der Waals surface area contributed by atoms with E-state index < -0.39 is 9.84 Å². The summed E-state index contributed by atoms with van der Waals surface area (Å²) in [5.74, 6) is 0.688. The molecule has 2 fully saturated rings. The Balaban J connectivity index is 1.56. The van der Waals surface area contributed by atoms with Crippen molar-refractivity contribution in [3.05, 3.63) is 59.1 Å². The van der Waals surface area contributed by atoms with Crippen LogP contribution in [0, 0.1) is 0 Å². The van der Waals surface area contributed by atoms with Crippen molar-refractivity contribution in [1.29, 1.82) is 0 Å². The molecule has 0 unspecified atom stereocenters. The van der Waals surface area contributed by atoms with Gasteiger partial charge in [0.05, 0.1) is 31.2 Å². The highest BCUT2D eigenvalue weighted by Crippen LogP contribution is 2.32. The molecule has 6 nitrogen and oxygen atoms in total. The monoisotopic (exact) mass is 434 g/mol. The fraction of sp³-hybridized carbons (Fsp3) is 0.381. The Hall–Kier alpha value is -2.09. The molecule has 1 amide bonds. The molecule has 8 heteroatoms. The van der Waals surface area contributed by atoms with Gasteiger partial charge in [-0.05, 0) is 48.4 Å². The Morgan fingerprint density at radius 3 is 2.34 bits per heavy atom. The van der Waals surface area contributed by atoms with E-state index in [-0.39, 0.29) is 36.0 Å². The zero-order valence-corrected chi connectivity index (χ0v) is 17.7. The molecular formula is C21H23ClN2O4S. The molecule has 154 valence electrons. The smallest absolute Gasteiger partial charge is 0.241 e. The summed E-state index contributed by atoms with van der Waals surface area (Å²) in [6, 6.07) is 14.2. The van der Waals surface area contributed by atoms with E-state index >= 15 is 0 Å². The van der Waals surface area contributed by atoms with E-state index in [1.165, 1.54) is 0 Å². The fourth-order valence-electron chi connectivity index (χ4n) is 4.20. The largest absolute Gasteiger partial charge is 0.497 e. The predicted molar refractivity (Wildman–Crippen MR) is 113 cm³/mol. The number of nitrogens with zero attached hydrogens (tertiary/aromatic N) is 2. The third-order valence-corrected chi connectivity index (χ3v) is 7.60. The van der Waals surface area contributed by atoms with Crippen molar-refractivity contribution < 1.29 is 17.9 Å². The van der Waals surface area contributed by atoms with Crippen molar-refractivity contribution in [2.24, 2.45) is 0 Å². The molecule has 2 atom stereocenters. The number of hydrogen-bond donors (Lipinski definition) is 0. The summed E-state index contributed by atoms with van der Waals surface area (Å²) in [5.41, 5.74) is 1.82. The van der Waals surface area contributed by atoms with Crippen LogP contribution in [0.4, 0.5) is 5.69 Å². The third-order valence-electron chi connectivity index (χ3n) is 5.65. The standard InChI is InChI=1S/C21H23ClN2O4S/c1-28-18-8-6-17(7-9-18)24-20-14-29(26,27)13-19(20)23(12-21(24)25)11-10-15-2-4-16(22)5-3-15/h2-9,19-20H,10-14H2,1H3/t19-,20-/m1/s1. The lowest BCUT2D eigenvalue weighted by molar-refractivity contribution is -0.123. The van der Waals surface area contributed by atoms with Gasteiger partial charge < -0.3 is 9.64 Å². The van der Waals surface area contributed by atoms with Crippen LogP contribution in [0.5, 0.6) is 5.75 Å². The van der Waals surface area contributed by atoms with E-state index in [1.54, 1.807) is 24.1 Å². The summed E-state index contributed by atoms with van der Waals surface area (Å²) in [6.45, 7) is 0.830. The quantitative estimate of drug-likeness (QED) is 0.723. The van der Waals surface area contributed by atoms with E-state index in [0.29, 0.717) is 23.0 Å². The molecule has 2 aromatic rings. The molecule has 2 heterocycles. The van der Waals surface area contributed by atoms with Gasteiger partial charge in [0.25, 0.3) is 0 Å². The van der Waals surface area contributed by atoms with Crippen LogP contribution in [-0.2, 0) is 21.1 Å². The molecule has 0 bridgehead atoms. The van der Waals surface area contributed by atoms with E-state index in [4.69, 9.17) is 16.3 Å². The zero-order chi connectivity index (χ0) is 20.6. The SMILES string of the molecule is COc1ccc(N2C(=O)CN(CCc3ccc(Cl)cc3)[C@@H]3CS(=O)(=O)C[C@H]32)cc1. The summed E-state index contributed by atoms with van der Waals surface area (Å²) in [5, 5.41) is 0.680. The molecule has 0 spiro atoms. The van der Waals surface area contributed by atoms with Gasteiger partial charge in [-0.15, -0.1) is 0 Å². The van der Waals surface area contributed by atoms with Crippen molar-refractivity contribution in [2.75, 3.05) is 36.6 Å². The number of piperazine rings is 1. The van der Waals surface area contributed by atoms with Gasteiger partial charge in [0.1, 0.15) is 5.75 Å². The maximum absolute atomic E-state index is 13.0. The number of halogens is 1. The van der Waals surface area contributed by atoms with Crippen molar-refractivity contribution in [3.63, 3.8) is 0 Å². The Bertz CT molecular complexity index is 992. The molecule has 0 aliphatic carbocycles. The van der Waals surface area contributed by atoms with Gasteiger partial charge in [-0.25, -0.2) is 8.42 Å². The molecule has 4 rings (SSSR count). The van der Waals surface area contributed by atoms with E-state index in [0.717, 1.165) is 12.0 Å². The molecule has 2 saturated heterocycles. The summed E-state index contributed by atoms with van der Waals surface area (Å²) in [4.78, 5) is 16.7. The fourth-order valence-corrected chi connectivity index (χ4v) is 6.31. The Morgan fingerprint density at radius 1 is 1.03 bits per heavy atom. The molecule has 0 aromatic heterocycles. The first-order valence-electron chi connectivity index (χ1n) is 9.51. The summed E-state index contributed by atoms with van der Waals surface area (Å²) in [6.07, 6.45) is 0.732. The maximum Gasteiger partial charge on any atom is 0.241 e. The number of rotatable bonds is 5. The minimum Gasteiger partial charge on any atom is -0.497 e. The molecule has 2 aliphatic rings. The molecule has 2 aromatic carbocycles. The van der Waals surface area contributed by atoms with Crippen LogP contribution in [0.1, 0.15) is 5.56 Å². The number of methoxy groups -OCH3 is 1. The van der Waals surface area contributed by atoms with E-state index in [9.17, 15) is 13.2 Å². The number of anilines is 1. The first-order valence-corrected chi connectivity index (χ1v) is 11.7. The first-order chi connectivity index (χ1) is 13.9. The van der Waals surface area contributed by atoms with Gasteiger partial charge in [-0.2, -0.15) is 0 Å². The summed E-state index contributed by atoms with van der Waals surface area (Å²) < 4.78 is 30.1. The average Bonchev–Trinajstić information content (AvgIpc) is 3.02. The van der Waals surface area contributed by atoms with E-state index in [2.05, 4.69) is 0 Å². The lowest BCUT2D eigenvalue weighted by atomic mass is 10.0. The van der Waals surface area contributed by atoms with Crippen molar-refractivity contribution >= 4 is 33.0 Å². The summed E-state index contributed by atoms with van der Waals surface area (Å²) in [7, 11) is -1.62. The number of fused-ring (bicyclic) bond motifs is 1. The number of benzene rings is 2. The topological polar surface area (TPSA) is 66.9 Å². The number of hydrogen-bond acceptors (Lipinski definition) is 5. The number of sulfone groups is 1. The predicted octanol–water partition coefficient (Wildman–Crippen LogP) is 2.41. The van der Waals surface area contributed by atoms with E-state index in [1.807, 2.05) is 41.3 Å². The van der Waals surface area contributed by atoms with Crippen LogP contribution in [-0.4, -0.2) is 63.0 Å². The van der Waals surface area contributed by atoms with Gasteiger partial charge in [-0.3, -0.25) is 9.69 Å². The van der Waals surface area contributed by atoms with Crippen LogP contribution in [0.3, 0.4) is 0 Å². The average molecular weight is 435 g/mol. The highest BCUT2D eigenvalue weighted by molar-refractivity contribution is 7.91. The van der Waals surface area contributed by atoms with Crippen molar-refractivity contribution in [3.8, 4) is 5.75 Å². The highest BCUT2D eigenvalue weighted by atomic mass is 35.5. The van der Waals surface area contributed by atoms with Crippen molar-refractivity contribution in [1.82, 2.24) is 4.90 Å². The first kappa shape index (κ1) is 20.2. The highest BCUT2D eigenvalue weighted by Gasteiger charge is 2.49. The second kappa shape index (κ2) is 7.97. The molecule has 29 heavy (non-hydrogen) atoms. The molecule has 0 N–H and O–H groups in total. The molecule has 2 aliphatic heterocycles. The van der Waals surface area contributed by atoms with Crippen LogP contribution in [0.15, 0.2) is 48.5 Å². The normalized spacial score (nSPS) is 23.8. The summed E-state index contributed by atoms with van der Waals surface area (Å²) >= 11 is 5.94.